The van der Waals surface area contributed by atoms with E-state index < -0.39 is 17.8 Å². The summed E-state index contributed by atoms with van der Waals surface area (Å²) in [6.07, 6.45) is -3.12. The van der Waals surface area contributed by atoms with Crippen molar-refractivity contribution in [1.82, 2.24) is 15.0 Å². The second-order valence-corrected chi connectivity index (χ2v) is 7.08. The number of amides is 2. The summed E-state index contributed by atoms with van der Waals surface area (Å²) in [5.74, 6) is 0.709. The van der Waals surface area contributed by atoms with Gasteiger partial charge >= 0.3 is 12.2 Å². The number of para-hydroxylation sites is 1. The summed E-state index contributed by atoms with van der Waals surface area (Å²) in [5, 5.41) is 6.40. The lowest BCUT2D eigenvalue weighted by Crippen LogP contribution is -2.42. The van der Waals surface area contributed by atoms with E-state index in [1.807, 2.05) is 30.3 Å². The molecule has 1 aromatic heterocycles. The zero-order valence-corrected chi connectivity index (χ0v) is 15.9. The van der Waals surface area contributed by atoms with E-state index in [1.54, 1.807) is 0 Å². The number of hydrogen-bond donors (Lipinski definition) is 1. The average Bonchev–Trinajstić information content (AvgIpc) is 3.24. The van der Waals surface area contributed by atoms with Crippen LogP contribution in [0, 0.1) is 0 Å². The van der Waals surface area contributed by atoms with E-state index in [1.165, 1.54) is 23.1 Å². The SMILES string of the molecule is O=C(Nc1ccccc1C(F)(F)F)N1CCCC(c2nc(-c3ccccc3)no2)C1. The number of anilines is 1. The van der Waals surface area contributed by atoms with Crippen LogP contribution in [0.1, 0.15) is 30.2 Å². The van der Waals surface area contributed by atoms with Crippen molar-refractivity contribution in [2.24, 2.45) is 0 Å². The van der Waals surface area contributed by atoms with Gasteiger partial charge in [0.1, 0.15) is 0 Å². The number of alkyl halides is 3. The smallest absolute Gasteiger partial charge is 0.339 e. The molecule has 0 aliphatic carbocycles. The van der Waals surface area contributed by atoms with E-state index in [0.717, 1.165) is 18.1 Å². The van der Waals surface area contributed by atoms with Gasteiger partial charge in [-0.15, -0.1) is 0 Å². The van der Waals surface area contributed by atoms with Gasteiger partial charge in [0, 0.05) is 18.7 Å². The minimum Gasteiger partial charge on any atom is -0.339 e. The van der Waals surface area contributed by atoms with Crippen molar-refractivity contribution in [1.29, 1.82) is 0 Å². The second kappa shape index (κ2) is 8.17. The molecule has 1 N–H and O–H groups in total. The minimum absolute atomic E-state index is 0.174. The summed E-state index contributed by atoms with van der Waals surface area (Å²) < 4.78 is 44.9. The molecule has 0 bridgehead atoms. The average molecular weight is 416 g/mol. The lowest BCUT2D eigenvalue weighted by molar-refractivity contribution is -0.136. The number of likely N-dealkylation sites (tertiary alicyclic amines) is 1. The van der Waals surface area contributed by atoms with Crippen LogP contribution in [0.3, 0.4) is 0 Å². The summed E-state index contributed by atoms with van der Waals surface area (Å²) in [5.41, 5.74) is -0.320. The van der Waals surface area contributed by atoms with Crippen molar-refractivity contribution in [3.8, 4) is 11.4 Å². The Labute approximate surface area is 170 Å². The first-order valence-corrected chi connectivity index (χ1v) is 9.53. The van der Waals surface area contributed by atoms with Crippen LogP contribution >= 0.6 is 0 Å². The molecular weight excluding hydrogens is 397 g/mol. The molecule has 1 aliphatic rings. The molecule has 1 saturated heterocycles. The highest BCUT2D eigenvalue weighted by Gasteiger charge is 2.34. The van der Waals surface area contributed by atoms with Gasteiger partial charge in [-0.3, -0.25) is 0 Å². The van der Waals surface area contributed by atoms with Gasteiger partial charge in [0.05, 0.1) is 17.2 Å². The fourth-order valence-electron chi connectivity index (χ4n) is 3.50. The van der Waals surface area contributed by atoms with Gasteiger partial charge in [0.25, 0.3) is 0 Å². The number of nitrogens with zero attached hydrogens (tertiary/aromatic N) is 3. The molecule has 6 nitrogen and oxygen atoms in total. The highest BCUT2D eigenvalue weighted by Crippen LogP contribution is 2.35. The van der Waals surface area contributed by atoms with Crippen molar-refractivity contribution < 1.29 is 22.5 Å². The standard InChI is InChI=1S/C21H19F3N4O2/c22-21(23,24)16-10-4-5-11-17(16)25-20(29)28-12-6-9-15(13-28)19-26-18(27-30-19)14-7-2-1-3-8-14/h1-5,7-8,10-11,15H,6,9,12-13H2,(H,25,29). The Balaban J connectivity index is 1.46. The first-order valence-electron chi connectivity index (χ1n) is 9.53. The molecule has 0 saturated carbocycles. The first-order chi connectivity index (χ1) is 14.4. The quantitative estimate of drug-likeness (QED) is 0.640. The number of carbonyl (C=O) groups is 1. The number of halogens is 3. The van der Waals surface area contributed by atoms with Gasteiger partial charge in [-0.1, -0.05) is 47.6 Å². The van der Waals surface area contributed by atoms with Gasteiger partial charge in [0.15, 0.2) is 0 Å². The normalized spacial score (nSPS) is 17.0. The maximum atomic E-state index is 13.2. The van der Waals surface area contributed by atoms with Crippen molar-refractivity contribution in [2.75, 3.05) is 18.4 Å². The minimum atomic E-state index is -4.55. The fourth-order valence-corrected chi connectivity index (χ4v) is 3.50. The Hall–Kier alpha value is -3.36. The number of rotatable bonds is 3. The molecule has 2 heterocycles. The molecule has 156 valence electrons. The maximum absolute atomic E-state index is 13.2. The first kappa shape index (κ1) is 19.9. The third-order valence-corrected chi connectivity index (χ3v) is 5.01. The van der Waals surface area contributed by atoms with Crippen LogP contribution in [0.5, 0.6) is 0 Å². The van der Waals surface area contributed by atoms with Crippen LogP contribution in [-0.2, 0) is 6.18 Å². The Morgan fingerprint density at radius 3 is 2.60 bits per heavy atom. The van der Waals surface area contributed by atoms with E-state index in [0.29, 0.717) is 24.7 Å². The predicted octanol–water partition coefficient (Wildman–Crippen LogP) is 5.17. The van der Waals surface area contributed by atoms with Gasteiger partial charge in [0.2, 0.25) is 11.7 Å². The maximum Gasteiger partial charge on any atom is 0.418 e. The largest absolute Gasteiger partial charge is 0.418 e. The Bertz CT molecular complexity index is 1020. The Morgan fingerprint density at radius 1 is 1.10 bits per heavy atom. The molecule has 3 aromatic rings. The molecule has 1 aliphatic heterocycles. The van der Waals surface area contributed by atoms with E-state index >= 15 is 0 Å². The number of hydrogen-bond acceptors (Lipinski definition) is 4. The van der Waals surface area contributed by atoms with E-state index in [2.05, 4.69) is 15.5 Å². The van der Waals surface area contributed by atoms with Crippen LogP contribution in [0.25, 0.3) is 11.4 Å². The molecule has 2 aromatic carbocycles. The molecule has 1 atom stereocenters. The van der Waals surface area contributed by atoms with Crippen LogP contribution < -0.4 is 5.32 Å². The van der Waals surface area contributed by atoms with E-state index in [9.17, 15) is 18.0 Å². The van der Waals surface area contributed by atoms with Gasteiger partial charge < -0.3 is 14.7 Å². The van der Waals surface area contributed by atoms with Crippen LogP contribution in [0.4, 0.5) is 23.7 Å². The highest BCUT2D eigenvalue weighted by atomic mass is 19.4. The summed E-state index contributed by atoms with van der Waals surface area (Å²) in [7, 11) is 0. The summed E-state index contributed by atoms with van der Waals surface area (Å²) in [6.45, 7) is 0.729. The Morgan fingerprint density at radius 2 is 1.83 bits per heavy atom. The molecule has 30 heavy (non-hydrogen) atoms. The molecule has 1 unspecified atom stereocenters. The molecule has 2 amide bonds. The number of piperidine rings is 1. The molecule has 4 rings (SSSR count). The van der Waals surface area contributed by atoms with Gasteiger partial charge in [-0.05, 0) is 25.0 Å². The lowest BCUT2D eigenvalue weighted by atomic mass is 9.98. The van der Waals surface area contributed by atoms with Crippen molar-refractivity contribution in [3.63, 3.8) is 0 Å². The van der Waals surface area contributed by atoms with Crippen LogP contribution in [0.15, 0.2) is 59.1 Å². The fraction of sp³-hybridized carbons (Fsp3) is 0.286. The Kier molecular flexibility index (Phi) is 5.43. The third-order valence-electron chi connectivity index (χ3n) is 5.01. The monoisotopic (exact) mass is 416 g/mol. The number of urea groups is 1. The topological polar surface area (TPSA) is 71.3 Å². The predicted molar refractivity (Wildman–Crippen MR) is 104 cm³/mol. The summed E-state index contributed by atoms with van der Waals surface area (Å²) in [4.78, 5) is 18.6. The number of aromatic nitrogens is 2. The van der Waals surface area contributed by atoms with E-state index in [4.69, 9.17) is 4.52 Å². The number of benzene rings is 2. The van der Waals surface area contributed by atoms with Gasteiger partial charge in [-0.2, -0.15) is 18.2 Å². The van der Waals surface area contributed by atoms with Gasteiger partial charge in [-0.25, -0.2) is 4.79 Å². The molecule has 0 radical (unpaired) electrons. The molecule has 0 spiro atoms. The lowest BCUT2D eigenvalue weighted by Gasteiger charge is -2.31. The summed E-state index contributed by atoms with van der Waals surface area (Å²) in [6, 6.07) is 13.7. The molecular formula is C21H19F3N4O2. The second-order valence-electron chi connectivity index (χ2n) is 7.08. The zero-order valence-electron chi connectivity index (χ0n) is 15.9. The van der Waals surface area contributed by atoms with Crippen molar-refractivity contribution in [3.05, 3.63) is 66.1 Å². The third kappa shape index (κ3) is 4.29. The number of carbonyl (C=O) groups excluding carboxylic acids is 1. The summed E-state index contributed by atoms with van der Waals surface area (Å²) >= 11 is 0. The van der Waals surface area contributed by atoms with E-state index in [-0.39, 0.29) is 18.2 Å². The molecule has 1 fully saturated rings. The van der Waals surface area contributed by atoms with Crippen molar-refractivity contribution >= 4 is 11.7 Å². The van der Waals surface area contributed by atoms with Crippen LogP contribution in [0.2, 0.25) is 0 Å². The molecule has 9 heteroatoms. The highest BCUT2D eigenvalue weighted by molar-refractivity contribution is 5.90. The number of nitrogens with one attached hydrogen (secondary N) is 1. The van der Waals surface area contributed by atoms with Crippen molar-refractivity contribution in [2.45, 2.75) is 24.9 Å². The van der Waals surface area contributed by atoms with Crippen LogP contribution in [-0.4, -0.2) is 34.2 Å². The zero-order chi connectivity index (χ0) is 21.1.